The summed E-state index contributed by atoms with van der Waals surface area (Å²) in [7, 11) is 0. The minimum atomic E-state index is -0.585. The third-order valence-corrected chi connectivity index (χ3v) is 2.22. The predicted molar refractivity (Wildman–Crippen MR) is 56.3 cm³/mol. The van der Waals surface area contributed by atoms with Gasteiger partial charge in [0.15, 0.2) is 11.6 Å². The van der Waals surface area contributed by atoms with E-state index in [0.29, 0.717) is 0 Å². The molecule has 1 aromatic heterocycles. The zero-order valence-corrected chi connectivity index (χ0v) is 9.29. The number of aromatic nitrogens is 2. The van der Waals surface area contributed by atoms with Crippen molar-refractivity contribution in [1.29, 1.82) is 0 Å². The summed E-state index contributed by atoms with van der Waals surface area (Å²) in [5.74, 6) is -0.413. The highest BCUT2D eigenvalue weighted by molar-refractivity contribution is 6.28. The minimum Gasteiger partial charge on any atom is -0.394 e. The van der Waals surface area contributed by atoms with Crippen LogP contribution in [0.3, 0.4) is 0 Å². The number of nitrogens with zero attached hydrogens (tertiary/aromatic N) is 2. The maximum absolute atomic E-state index is 13.2. The first kappa shape index (κ1) is 12.1. The molecule has 2 N–H and O–H groups in total. The second-order valence-corrected chi connectivity index (χ2v) is 3.85. The first-order valence-electron chi connectivity index (χ1n) is 4.60. The van der Waals surface area contributed by atoms with Crippen molar-refractivity contribution in [3.05, 3.63) is 17.3 Å². The van der Waals surface area contributed by atoms with E-state index in [1.54, 1.807) is 0 Å². The van der Waals surface area contributed by atoms with Crippen LogP contribution in [0.1, 0.15) is 13.8 Å². The van der Waals surface area contributed by atoms with E-state index in [4.69, 9.17) is 16.7 Å². The number of aliphatic hydroxyl groups excluding tert-OH is 1. The molecule has 0 amide bonds. The summed E-state index contributed by atoms with van der Waals surface area (Å²) in [4.78, 5) is 7.19. The summed E-state index contributed by atoms with van der Waals surface area (Å²) in [5.41, 5.74) is 0. The average molecular weight is 234 g/mol. The molecule has 1 unspecified atom stereocenters. The normalized spacial score (nSPS) is 12.9. The molecule has 0 aromatic carbocycles. The van der Waals surface area contributed by atoms with E-state index in [0.717, 1.165) is 6.20 Å². The van der Waals surface area contributed by atoms with Crippen molar-refractivity contribution in [2.24, 2.45) is 5.92 Å². The summed E-state index contributed by atoms with van der Waals surface area (Å²) >= 11 is 5.53. The molecule has 0 radical (unpaired) electrons. The second-order valence-electron chi connectivity index (χ2n) is 3.51. The molecule has 0 aliphatic rings. The largest absolute Gasteiger partial charge is 0.394 e. The third-order valence-electron chi connectivity index (χ3n) is 2.04. The van der Waals surface area contributed by atoms with E-state index < -0.39 is 5.82 Å². The van der Waals surface area contributed by atoms with Crippen LogP contribution in [0.2, 0.25) is 5.28 Å². The summed E-state index contributed by atoms with van der Waals surface area (Å²) in [6.07, 6.45) is 0.992. The van der Waals surface area contributed by atoms with Gasteiger partial charge in [-0.2, -0.15) is 4.98 Å². The van der Waals surface area contributed by atoms with Gasteiger partial charge in [0.25, 0.3) is 0 Å². The Morgan fingerprint density at radius 3 is 2.80 bits per heavy atom. The number of halogens is 2. The van der Waals surface area contributed by atoms with Gasteiger partial charge >= 0.3 is 0 Å². The molecule has 15 heavy (non-hydrogen) atoms. The van der Waals surface area contributed by atoms with Crippen LogP contribution in [-0.2, 0) is 0 Å². The second kappa shape index (κ2) is 5.23. The lowest BCUT2D eigenvalue weighted by atomic mass is 10.1. The van der Waals surface area contributed by atoms with Crippen LogP contribution in [0, 0.1) is 11.7 Å². The zero-order valence-electron chi connectivity index (χ0n) is 8.54. The average Bonchev–Trinajstić information content (AvgIpc) is 2.18. The predicted octanol–water partition coefficient (Wildman–Crippen LogP) is 1.70. The molecular weight excluding hydrogens is 221 g/mol. The Balaban J connectivity index is 2.82. The van der Waals surface area contributed by atoms with E-state index in [1.807, 2.05) is 13.8 Å². The smallest absolute Gasteiger partial charge is 0.224 e. The van der Waals surface area contributed by atoms with Crippen molar-refractivity contribution >= 4 is 17.4 Å². The number of nitrogens with one attached hydrogen (secondary N) is 1. The number of anilines is 1. The fraction of sp³-hybridized carbons (Fsp3) is 0.556. The molecule has 1 rings (SSSR count). The molecule has 84 valence electrons. The van der Waals surface area contributed by atoms with Gasteiger partial charge in [0.2, 0.25) is 5.28 Å². The van der Waals surface area contributed by atoms with Gasteiger partial charge in [0.1, 0.15) is 0 Å². The Labute approximate surface area is 92.5 Å². The standard InChI is InChI=1S/C9H13ClFN3O/c1-5(2)7(4-15)13-8-6(11)3-12-9(10)14-8/h3,5,7,15H,4H2,1-2H3,(H,12,13,14). The van der Waals surface area contributed by atoms with Crippen LogP contribution in [0.4, 0.5) is 10.2 Å². The van der Waals surface area contributed by atoms with Gasteiger partial charge in [-0.05, 0) is 17.5 Å². The molecule has 6 heteroatoms. The van der Waals surface area contributed by atoms with Gasteiger partial charge in [-0.15, -0.1) is 0 Å². The Morgan fingerprint density at radius 1 is 1.60 bits per heavy atom. The fourth-order valence-electron chi connectivity index (χ4n) is 1.05. The number of hydrogen-bond acceptors (Lipinski definition) is 4. The highest BCUT2D eigenvalue weighted by Crippen LogP contribution is 2.15. The molecule has 1 atom stereocenters. The molecule has 1 heterocycles. The van der Waals surface area contributed by atoms with E-state index >= 15 is 0 Å². The number of hydrogen-bond donors (Lipinski definition) is 2. The fourth-order valence-corrected chi connectivity index (χ4v) is 1.18. The lowest BCUT2D eigenvalue weighted by Gasteiger charge is -2.20. The molecule has 4 nitrogen and oxygen atoms in total. The van der Waals surface area contributed by atoms with E-state index in [9.17, 15) is 4.39 Å². The van der Waals surface area contributed by atoms with E-state index in [-0.39, 0.29) is 29.7 Å². The monoisotopic (exact) mass is 233 g/mol. The van der Waals surface area contributed by atoms with Crippen LogP contribution >= 0.6 is 11.6 Å². The minimum absolute atomic E-state index is 0.0164. The van der Waals surface area contributed by atoms with Crippen molar-refractivity contribution in [1.82, 2.24) is 9.97 Å². The Morgan fingerprint density at radius 2 is 2.27 bits per heavy atom. The van der Waals surface area contributed by atoms with Crippen LogP contribution in [0.15, 0.2) is 6.20 Å². The highest BCUT2D eigenvalue weighted by atomic mass is 35.5. The maximum Gasteiger partial charge on any atom is 0.224 e. The molecule has 0 spiro atoms. The van der Waals surface area contributed by atoms with E-state index in [1.165, 1.54) is 0 Å². The Kier molecular flexibility index (Phi) is 4.23. The maximum atomic E-state index is 13.2. The van der Waals surface area contributed by atoms with Crippen molar-refractivity contribution < 1.29 is 9.50 Å². The molecule has 0 bridgehead atoms. The first-order valence-corrected chi connectivity index (χ1v) is 4.97. The molecular formula is C9H13ClFN3O. The molecule has 0 aliphatic heterocycles. The molecule has 0 saturated carbocycles. The summed E-state index contributed by atoms with van der Waals surface area (Å²) in [6, 6.07) is -0.259. The molecule has 1 aromatic rings. The quantitative estimate of drug-likeness (QED) is 0.778. The Hall–Kier alpha value is -0.940. The van der Waals surface area contributed by atoms with Crippen LogP contribution in [-0.4, -0.2) is 27.7 Å². The lowest BCUT2D eigenvalue weighted by molar-refractivity contribution is 0.248. The highest BCUT2D eigenvalue weighted by Gasteiger charge is 2.15. The number of rotatable bonds is 4. The van der Waals surface area contributed by atoms with Gasteiger partial charge in [-0.3, -0.25) is 0 Å². The van der Waals surface area contributed by atoms with Crippen molar-refractivity contribution in [2.45, 2.75) is 19.9 Å². The van der Waals surface area contributed by atoms with Crippen LogP contribution in [0.5, 0.6) is 0 Å². The van der Waals surface area contributed by atoms with E-state index in [2.05, 4.69) is 15.3 Å². The van der Waals surface area contributed by atoms with Crippen molar-refractivity contribution in [3.63, 3.8) is 0 Å². The first-order chi connectivity index (χ1) is 7.04. The van der Waals surface area contributed by atoms with Gasteiger partial charge in [-0.1, -0.05) is 13.8 Å². The summed E-state index contributed by atoms with van der Waals surface area (Å²) in [5, 5.41) is 11.8. The summed E-state index contributed by atoms with van der Waals surface area (Å²) in [6.45, 7) is 3.72. The topological polar surface area (TPSA) is 58.0 Å². The van der Waals surface area contributed by atoms with Gasteiger partial charge in [0, 0.05) is 0 Å². The van der Waals surface area contributed by atoms with Gasteiger partial charge < -0.3 is 10.4 Å². The SMILES string of the molecule is CC(C)C(CO)Nc1nc(Cl)ncc1F. The molecule has 0 saturated heterocycles. The van der Waals surface area contributed by atoms with Crippen molar-refractivity contribution in [2.75, 3.05) is 11.9 Å². The Bertz CT molecular complexity index is 335. The van der Waals surface area contributed by atoms with Crippen molar-refractivity contribution in [3.8, 4) is 0 Å². The lowest BCUT2D eigenvalue weighted by Crippen LogP contribution is -2.30. The molecule has 0 aliphatic carbocycles. The van der Waals surface area contributed by atoms with Gasteiger partial charge in [-0.25, -0.2) is 9.37 Å². The third kappa shape index (κ3) is 3.28. The van der Waals surface area contributed by atoms with Crippen LogP contribution < -0.4 is 5.32 Å². The number of aliphatic hydroxyl groups is 1. The zero-order chi connectivity index (χ0) is 11.4. The summed E-state index contributed by atoms with van der Waals surface area (Å²) < 4.78 is 13.2. The molecule has 0 fully saturated rings. The van der Waals surface area contributed by atoms with Gasteiger partial charge in [0.05, 0.1) is 18.8 Å². The van der Waals surface area contributed by atoms with Crippen LogP contribution in [0.25, 0.3) is 0 Å².